The summed E-state index contributed by atoms with van der Waals surface area (Å²) in [5.41, 5.74) is 4.09. The highest BCUT2D eigenvalue weighted by atomic mass is 79.9. The molecule has 0 amide bonds. The minimum Gasteiger partial charge on any atom is -0.297 e. The minimum atomic E-state index is 0.0208. The fraction of sp³-hybridized carbons (Fsp3) is 0.667. The van der Waals surface area contributed by atoms with Crippen LogP contribution >= 0.6 is 15.9 Å². The molecule has 2 atom stereocenters. The van der Waals surface area contributed by atoms with Crippen molar-refractivity contribution >= 4 is 15.9 Å². The summed E-state index contributed by atoms with van der Waals surface area (Å²) in [6.45, 7) is 10.9. The number of likely N-dealkylation sites (N-methyl/N-ethyl adjacent to an activating group) is 1. The Morgan fingerprint density at radius 1 is 1.35 bits per heavy atom. The lowest BCUT2D eigenvalue weighted by Gasteiger charge is -2.45. The SMILES string of the molecule is CCN(CC)C(C)(CC)C(Cc1ccc(Br)cn1)NN. The molecule has 0 saturated heterocycles. The standard InChI is InChI=1S/C15H27BrN4/c1-5-15(4,20(6-2)7-3)14(19-17)10-13-9-8-12(16)11-18-13/h8-9,11,14,19H,5-7,10,17H2,1-4H3. The van der Waals surface area contributed by atoms with E-state index in [9.17, 15) is 0 Å². The Hall–Kier alpha value is -0.490. The monoisotopic (exact) mass is 342 g/mol. The van der Waals surface area contributed by atoms with Gasteiger partial charge in [-0.2, -0.15) is 0 Å². The van der Waals surface area contributed by atoms with Gasteiger partial charge in [-0.15, -0.1) is 0 Å². The summed E-state index contributed by atoms with van der Waals surface area (Å²) in [6.07, 6.45) is 3.70. The summed E-state index contributed by atoms with van der Waals surface area (Å²) in [7, 11) is 0. The topological polar surface area (TPSA) is 54.2 Å². The predicted molar refractivity (Wildman–Crippen MR) is 88.4 cm³/mol. The van der Waals surface area contributed by atoms with E-state index in [-0.39, 0.29) is 11.6 Å². The first-order valence-electron chi connectivity index (χ1n) is 7.33. The van der Waals surface area contributed by atoms with E-state index in [1.807, 2.05) is 18.3 Å². The average molecular weight is 343 g/mol. The van der Waals surface area contributed by atoms with Crippen molar-refractivity contribution in [3.05, 3.63) is 28.5 Å². The second-order valence-electron chi connectivity index (χ2n) is 5.27. The van der Waals surface area contributed by atoms with E-state index in [0.29, 0.717) is 0 Å². The third kappa shape index (κ3) is 4.01. The Labute approximate surface area is 131 Å². The van der Waals surface area contributed by atoms with Crippen molar-refractivity contribution in [2.45, 2.75) is 52.1 Å². The number of nitrogens with two attached hydrogens (primary N) is 1. The highest BCUT2D eigenvalue weighted by Gasteiger charge is 2.36. The lowest BCUT2D eigenvalue weighted by Crippen LogP contribution is -2.61. The van der Waals surface area contributed by atoms with Crippen LogP contribution in [-0.2, 0) is 6.42 Å². The van der Waals surface area contributed by atoms with Gasteiger partial charge in [0.2, 0.25) is 0 Å². The van der Waals surface area contributed by atoms with E-state index in [0.717, 1.165) is 36.1 Å². The molecule has 1 heterocycles. The number of nitrogens with one attached hydrogen (secondary N) is 1. The number of aromatic nitrogens is 1. The van der Waals surface area contributed by atoms with Gasteiger partial charge in [-0.3, -0.25) is 21.2 Å². The van der Waals surface area contributed by atoms with Gasteiger partial charge in [0.15, 0.2) is 0 Å². The molecule has 0 aromatic carbocycles. The second kappa shape index (κ2) is 8.08. The van der Waals surface area contributed by atoms with Gasteiger partial charge in [0, 0.05) is 34.4 Å². The smallest absolute Gasteiger partial charge is 0.0447 e. The molecule has 3 N–H and O–H groups in total. The van der Waals surface area contributed by atoms with Crippen LogP contribution in [0.1, 0.15) is 39.8 Å². The van der Waals surface area contributed by atoms with Crippen LogP contribution in [0, 0.1) is 0 Å². The van der Waals surface area contributed by atoms with Gasteiger partial charge in [-0.05, 0) is 54.5 Å². The van der Waals surface area contributed by atoms with Crippen LogP contribution in [0.4, 0.5) is 0 Å². The molecule has 2 unspecified atom stereocenters. The molecule has 114 valence electrons. The van der Waals surface area contributed by atoms with Gasteiger partial charge in [0.25, 0.3) is 0 Å². The molecule has 0 bridgehead atoms. The highest BCUT2D eigenvalue weighted by Crippen LogP contribution is 2.25. The van der Waals surface area contributed by atoms with Gasteiger partial charge in [-0.25, -0.2) is 0 Å². The Bertz CT molecular complexity index is 391. The molecule has 1 aromatic heterocycles. The maximum atomic E-state index is 5.85. The Kier molecular flexibility index (Phi) is 7.09. The average Bonchev–Trinajstić information content (AvgIpc) is 2.47. The van der Waals surface area contributed by atoms with Crippen LogP contribution in [0.5, 0.6) is 0 Å². The first-order chi connectivity index (χ1) is 9.51. The zero-order valence-electron chi connectivity index (χ0n) is 13.0. The molecule has 0 aliphatic carbocycles. The summed E-state index contributed by atoms with van der Waals surface area (Å²) >= 11 is 3.42. The van der Waals surface area contributed by atoms with Gasteiger partial charge >= 0.3 is 0 Å². The van der Waals surface area contributed by atoms with Crippen LogP contribution < -0.4 is 11.3 Å². The van der Waals surface area contributed by atoms with Crippen molar-refractivity contribution in [1.29, 1.82) is 0 Å². The molecular weight excluding hydrogens is 316 g/mol. The molecule has 0 aliphatic rings. The summed E-state index contributed by atoms with van der Waals surface area (Å²) in [5, 5.41) is 0. The summed E-state index contributed by atoms with van der Waals surface area (Å²) in [4.78, 5) is 6.93. The molecule has 0 aliphatic heterocycles. The zero-order valence-corrected chi connectivity index (χ0v) is 14.6. The van der Waals surface area contributed by atoms with E-state index in [4.69, 9.17) is 5.84 Å². The maximum Gasteiger partial charge on any atom is 0.0447 e. The van der Waals surface area contributed by atoms with Gasteiger partial charge in [-0.1, -0.05) is 20.8 Å². The number of hydrogen-bond acceptors (Lipinski definition) is 4. The van der Waals surface area contributed by atoms with E-state index in [1.54, 1.807) is 0 Å². The van der Waals surface area contributed by atoms with Gasteiger partial charge < -0.3 is 0 Å². The van der Waals surface area contributed by atoms with Crippen molar-refractivity contribution in [3.8, 4) is 0 Å². The molecule has 0 fully saturated rings. The van der Waals surface area contributed by atoms with E-state index in [1.165, 1.54) is 0 Å². The third-order valence-electron chi connectivity index (χ3n) is 4.36. The Morgan fingerprint density at radius 2 is 2.00 bits per heavy atom. The van der Waals surface area contributed by atoms with Crippen molar-refractivity contribution in [1.82, 2.24) is 15.3 Å². The van der Waals surface area contributed by atoms with Crippen LogP contribution in [-0.4, -0.2) is 34.6 Å². The van der Waals surface area contributed by atoms with Crippen molar-refractivity contribution in [2.75, 3.05) is 13.1 Å². The minimum absolute atomic E-state index is 0.0208. The lowest BCUT2D eigenvalue weighted by molar-refractivity contribution is 0.0697. The fourth-order valence-electron chi connectivity index (χ4n) is 2.83. The largest absolute Gasteiger partial charge is 0.297 e. The highest BCUT2D eigenvalue weighted by molar-refractivity contribution is 9.10. The van der Waals surface area contributed by atoms with Crippen molar-refractivity contribution in [3.63, 3.8) is 0 Å². The quantitative estimate of drug-likeness (QED) is 0.563. The summed E-state index contributed by atoms with van der Waals surface area (Å²) in [5.74, 6) is 5.85. The number of halogens is 1. The van der Waals surface area contributed by atoms with Crippen LogP contribution in [0.2, 0.25) is 0 Å². The molecule has 0 spiro atoms. The normalized spacial score (nSPS) is 16.1. The second-order valence-corrected chi connectivity index (χ2v) is 6.19. The third-order valence-corrected chi connectivity index (χ3v) is 4.82. The van der Waals surface area contributed by atoms with E-state index >= 15 is 0 Å². The van der Waals surface area contributed by atoms with Crippen LogP contribution in [0.15, 0.2) is 22.8 Å². The Morgan fingerprint density at radius 3 is 2.40 bits per heavy atom. The van der Waals surface area contributed by atoms with Crippen molar-refractivity contribution < 1.29 is 0 Å². The molecule has 1 rings (SSSR count). The van der Waals surface area contributed by atoms with Crippen LogP contribution in [0.3, 0.4) is 0 Å². The zero-order chi connectivity index (χ0) is 15.2. The number of nitrogens with zero attached hydrogens (tertiary/aromatic N) is 2. The van der Waals surface area contributed by atoms with Gasteiger partial charge in [0.05, 0.1) is 0 Å². The van der Waals surface area contributed by atoms with Crippen molar-refractivity contribution in [2.24, 2.45) is 5.84 Å². The van der Waals surface area contributed by atoms with E-state index < -0.39 is 0 Å². The molecule has 20 heavy (non-hydrogen) atoms. The number of rotatable bonds is 8. The first-order valence-corrected chi connectivity index (χ1v) is 8.12. The summed E-state index contributed by atoms with van der Waals surface area (Å²) < 4.78 is 1.00. The molecular formula is C15H27BrN4. The van der Waals surface area contributed by atoms with E-state index in [2.05, 4.69) is 58.9 Å². The number of hydrazine groups is 1. The predicted octanol–water partition coefficient (Wildman–Crippen LogP) is 2.73. The fourth-order valence-corrected chi connectivity index (χ4v) is 3.07. The molecule has 0 radical (unpaired) electrons. The Balaban J connectivity index is 2.94. The van der Waals surface area contributed by atoms with Gasteiger partial charge in [0.1, 0.15) is 0 Å². The maximum absolute atomic E-state index is 5.85. The number of pyridine rings is 1. The molecule has 4 nitrogen and oxygen atoms in total. The first kappa shape index (κ1) is 17.6. The molecule has 1 aromatic rings. The lowest BCUT2D eigenvalue weighted by atomic mass is 9.84. The molecule has 5 heteroatoms. The number of hydrogen-bond donors (Lipinski definition) is 2. The molecule has 0 saturated carbocycles. The van der Waals surface area contributed by atoms with Crippen LogP contribution in [0.25, 0.3) is 0 Å². The summed E-state index contributed by atoms with van der Waals surface area (Å²) in [6, 6.07) is 4.24.